The molecule has 0 bridgehead atoms. The summed E-state index contributed by atoms with van der Waals surface area (Å²) in [6, 6.07) is 15.1. The molecule has 3 nitrogen and oxygen atoms in total. The topological polar surface area (TPSA) is 38.3 Å². The molecule has 1 N–H and O–H groups in total. The van der Waals surface area contributed by atoms with Crippen LogP contribution in [0.1, 0.15) is 17.2 Å². The minimum Gasteiger partial charge on any atom is -0.367 e. The summed E-state index contributed by atoms with van der Waals surface area (Å²) in [5.74, 6) is -0.180. The summed E-state index contributed by atoms with van der Waals surface area (Å²) in [4.78, 5) is 12.3. The predicted molar refractivity (Wildman–Crippen MR) is 83.7 cm³/mol. The maximum Gasteiger partial charge on any atom is 0.258 e. The minimum absolute atomic E-state index is 0.180. The van der Waals surface area contributed by atoms with Gasteiger partial charge >= 0.3 is 0 Å². The van der Waals surface area contributed by atoms with Gasteiger partial charge in [-0.2, -0.15) is 0 Å². The molecule has 0 aromatic heterocycles. The van der Waals surface area contributed by atoms with E-state index in [1.54, 1.807) is 0 Å². The van der Waals surface area contributed by atoms with E-state index in [1.807, 2.05) is 55.5 Å². The number of carbonyl (C=O) groups excluding carboxylic acids is 1. The van der Waals surface area contributed by atoms with Crippen molar-refractivity contribution in [3.63, 3.8) is 0 Å². The first-order chi connectivity index (χ1) is 9.61. The number of nitrogens with one attached hydrogen (secondary N) is 1. The smallest absolute Gasteiger partial charge is 0.258 e. The van der Waals surface area contributed by atoms with E-state index in [1.165, 1.54) is 7.11 Å². The Kier molecular flexibility index (Phi) is 4.93. The summed E-state index contributed by atoms with van der Waals surface area (Å²) in [7, 11) is 1.53. The molecule has 2 aromatic rings. The van der Waals surface area contributed by atoms with Crippen molar-refractivity contribution < 1.29 is 9.53 Å². The largest absolute Gasteiger partial charge is 0.367 e. The summed E-state index contributed by atoms with van der Waals surface area (Å²) in [5, 5.41) is 2.87. The third-order valence-electron chi connectivity index (χ3n) is 3.00. The van der Waals surface area contributed by atoms with Crippen molar-refractivity contribution in [3.8, 4) is 0 Å². The minimum atomic E-state index is -0.611. The molecule has 0 fully saturated rings. The van der Waals surface area contributed by atoms with Crippen LogP contribution in [0.3, 0.4) is 0 Å². The monoisotopic (exact) mass is 333 g/mol. The summed E-state index contributed by atoms with van der Waals surface area (Å²) in [6.45, 7) is 1.98. The van der Waals surface area contributed by atoms with E-state index in [0.717, 1.165) is 21.3 Å². The van der Waals surface area contributed by atoms with Crippen LogP contribution in [0.2, 0.25) is 0 Å². The van der Waals surface area contributed by atoms with Crippen LogP contribution in [0.4, 0.5) is 5.69 Å². The van der Waals surface area contributed by atoms with Gasteiger partial charge in [0.15, 0.2) is 6.10 Å². The van der Waals surface area contributed by atoms with Gasteiger partial charge in [-0.05, 0) is 36.2 Å². The molecule has 2 aromatic carbocycles. The van der Waals surface area contributed by atoms with E-state index in [2.05, 4.69) is 21.2 Å². The molecule has 20 heavy (non-hydrogen) atoms. The van der Waals surface area contributed by atoms with Crippen LogP contribution < -0.4 is 5.32 Å². The lowest BCUT2D eigenvalue weighted by molar-refractivity contribution is -0.126. The second-order valence-electron chi connectivity index (χ2n) is 4.48. The second-order valence-corrected chi connectivity index (χ2v) is 5.33. The molecule has 1 unspecified atom stereocenters. The number of anilines is 1. The lowest BCUT2D eigenvalue weighted by Gasteiger charge is -2.16. The maximum absolute atomic E-state index is 12.3. The number of carbonyl (C=O) groups is 1. The number of amides is 1. The molecule has 1 atom stereocenters. The summed E-state index contributed by atoms with van der Waals surface area (Å²) in [6.07, 6.45) is -0.611. The first-order valence-electron chi connectivity index (χ1n) is 6.26. The average molecular weight is 334 g/mol. The Morgan fingerprint density at radius 1 is 1.20 bits per heavy atom. The lowest BCUT2D eigenvalue weighted by Crippen LogP contribution is -2.22. The standard InChI is InChI=1S/C16H16BrNO2/c1-11-10-13(8-9-14(11)17)18-16(19)15(20-2)12-6-4-3-5-7-12/h3-10,15H,1-2H3,(H,18,19). The molecule has 0 saturated heterocycles. The number of benzene rings is 2. The molecule has 0 saturated carbocycles. The van der Waals surface area contributed by atoms with Gasteiger partial charge in [-0.1, -0.05) is 46.3 Å². The third kappa shape index (κ3) is 3.46. The Labute approximate surface area is 127 Å². The number of hydrogen-bond donors (Lipinski definition) is 1. The molecule has 2 rings (SSSR count). The number of rotatable bonds is 4. The van der Waals surface area contributed by atoms with Crippen molar-refractivity contribution in [3.05, 3.63) is 64.1 Å². The number of ether oxygens (including phenoxy) is 1. The number of aryl methyl sites for hydroxylation is 1. The summed E-state index contributed by atoms with van der Waals surface area (Å²) in [5.41, 5.74) is 2.66. The SMILES string of the molecule is COC(C(=O)Nc1ccc(Br)c(C)c1)c1ccccc1. The zero-order chi connectivity index (χ0) is 14.5. The molecular formula is C16H16BrNO2. The highest BCUT2D eigenvalue weighted by Crippen LogP contribution is 2.22. The van der Waals surface area contributed by atoms with E-state index in [-0.39, 0.29) is 5.91 Å². The van der Waals surface area contributed by atoms with E-state index in [4.69, 9.17) is 4.74 Å². The number of methoxy groups -OCH3 is 1. The third-order valence-corrected chi connectivity index (χ3v) is 3.89. The van der Waals surface area contributed by atoms with Crippen LogP contribution in [0, 0.1) is 6.92 Å². The average Bonchev–Trinajstić information content (AvgIpc) is 2.45. The number of halogens is 1. The molecule has 0 aliphatic carbocycles. The fourth-order valence-electron chi connectivity index (χ4n) is 1.95. The van der Waals surface area contributed by atoms with Gasteiger partial charge in [0.2, 0.25) is 0 Å². The van der Waals surface area contributed by atoms with Gasteiger partial charge in [0.1, 0.15) is 0 Å². The van der Waals surface area contributed by atoms with Crippen LogP contribution in [0.25, 0.3) is 0 Å². The van der Waals surface area contributed by atoms with Crippen molar-refractivity contribution in [2.24, 2.45) is 0 Å². The Morgan fingerprint density at radius 2 is 1.90 bits per heavy atom. The van der Waals surface area contributed by atoms with Crippen LogP contribution in [-0.2, 0) is 9.53 Å². The van der Waals surface area contributed by atoms with E-state index in [9.17, 15) is 4.79 Å². The van der Waals surface area contributed by atoms with Gasteiger partial charge in [0.25, 0.3) is 5.91 Å². The van der Waals surface area contributed by atoms with Gasteiger partial charge in [-0.15, -0.1) is 0 Å². The van der Waals surface area contributed by atoms with Crippen LogP contribution in [0.5, 0.6) is 0 Å². The zero-order valence-corrected chi connectivity index (χ0v) is 13.0. The lowest BCUT2D eigenvalue weighted by atomic mass is 10.1. The van der Waals surface area contributed by atoms with Crippen LogP contribution in [-0.4, -0.2) is 13.0 Å². The van der Waals surface area contributed by atoms with Crippen molar-refractivity contribution in [1.82, 2.24) is 0 Å². The first-order valence-corrected chi connectivity index (χ1v) is 7.06. The first kappa shape index (κ1) is 14.8. The van der Waals surface area contributed by atoms with Crippen molar-refractivity contribution in [1.29, 1.82) is 0 Å². The molecule has 0 radical (unpaired) electrons. The molecule has 0 aliphatic rings. The Morgan fingerprint density at radius 3 is 2.50 bits per heavy atom. The predicted octanol–water partition coefficient (Wildman–Crippen LogP) is 4.08. The second kappa shape index (κ2) is 6.68. The Balaban J connectivity index is 2.15. The maximum atomic E-state index is 12.3. The van der Waals surface area contributed by atoms with Gasteiger partial charge in [-0.25, -0.2) is 0 Å². The van der Waals surface area contributed by atoms with Crippen LogP contribution >= 0.6 is 15.9 Å². The highest BCUT2D eigenvalue weighted by molar-refractivity contribution is 9.10. The molecule has 0 heterocycles. The van der Waals surface area contributed by atoms with Crippen LogP contribution in [0.15, 0.2) is 53.0 Å². The molecule has 4 heteroatoms. The van der Waals surface area contributed by atoms with Gasteiger partial charge in [-0.3, -0.25) is 4.79 Å². The van der Waals surface area contributed by atoms with Crippen molar-refractivity contribution >= 4 is 27.5 Å². The highest BCUT2D eigenvalue weighted by Gasteiger charge is 2.19. The van der Waals surface area contributed by atoms with Gasteiger partial charge in [0, 0.05) is 17.3 Å². The molecular weight excluding hydrogens is 318 g/mol. The highest BCUT2D eigenvalue weighted by atomic mass is 79.9. The van der Waals surface area contributed by atoms with E-state index in [0.29, 0.717) is 0 Å². The molecule has 0 aliphatic heterocycles. The van der Waals surface area contributed by atoms with Gasteiger partial charge < -0.3 is 10.1 Å². The van der Waals surface area contributed by atoms with E-state index < -0.39 is 6.10 Å². The molecule has 0 spiro atoms. The summed E-state index contributed by atoms with van der Waals surface area (Å²) < 4.78 is 6.32. The van der Waals surface area contributed by atoms with E-state index >= 15 is 0 Å². The molecule has 1 amide bonds. The number of hydrogen-bond acceptors (Lipinski definition) is 2. The zero-order valence-electron chi connectivity index (χ0n) is 11.4. The fourth-order valence-corrected chi connectivity index (χ4v) is 2.20. The Hall–Kier alpha value is -1.65. The van der Waals surface area contributed by atoms with Crippen molar-refractivity contribution in [2.45, 2.75) is 13.0 Å². The summed E-state index contributed by atoms with van der Waals surface area (Å²) >= 11 is 3.44. The Bertz CT molecular complexity index is 599. The van der Waals surface area contributed by atoms with Crippen molar-refractivity contribution in [2.75, 3.05) is 12.4 Å². The van der Waals surface area contributed by atoms with Gasteiger partial charge in [0.05, 0.1) is 0 Å². The normalized spacial score (nSPS) is 11.9. The quantitative estimate of drug-likeness (QED) is 0.915. The fraction of sp³-hybridized carbons (Fsp3) is 0.188. The molecule has 104 valence electrons.